The van der Waals surface area contributed by atoms with Crippen LogP contribution in [0.2, 0.25) is 0 Å². The van der Waals surface area contributed by atoms with E-state index in [1.165, 1.54) is 44.2 Å². The van der Waals surface area contributed by atoms with Gasteiger partial charge in [-0.1, -0.05) is 12.1 Å². The second-order valence-corrected chi connectivity index (χ2v) is 26.0. The van der Waals surface area contributed by atoms with Crippen LogP contribution >= 0.6 is 0 Å². The van der Waals surface area contributed by atoms with Crippen LogP contribution in [-0.2, 0) is 142 Å². The van der Waals surface area contributed by atoms with Gasteiger partial charge < -0.3 is 152 Å². The first-order chi connectivity index (χ1) is 57.3. The molecule has 4 amide bonds. The quantitative estimate of drug-likeness (QED) is 0.0130. The molecule has 44 heteroatoms. The van der Waals surface area contributed by atoms with Gasteiger partial charge in [0.1, 0.15) is 74.6 Å². The number of ether oxygens (including phenoxy) is 18. The number of hydrogen-bond donors (Lipinski definition) is 13. The Morgan fingerprint density at radius 3 is 1.45 bits per heavy atom. The Balaban J connectivity index is 0.0000120. The van der Waals surface area contributed by atoms with Gasteiger partial charge in [0.2, 0.25) is 30.3 Å². The maximum absolute atomic E-state index is 13.9. The summed E-state index contributed by atoms with van der Waals surface area (Å²) in [4.78, 5) is 146. The number of nitrogens with one attached hydrogen (secondary N) is 4. The van der Waals surface area contributed by atoms with Crippen molar-refractivity contribution in [3.8, 4) is 11.5 Å². The molecule has 674 valence electrons. The molecule has 119 heavy (non-hydrogen) atoms. The minimum absolute atomic E-state index is 0.00552. The van der Waals surface area contributed by atoms with E-state index in [2.05, 4.69) is 26.1 Å². The topological polar surface area (TPSA) is 616 Å². The van der Waals surface area contributed by atoms with Gasteiger partial charge in [0.05, 0.1) is 169 Å². The van der Waals surface area contributed by atoms with E-state index in [-0.39, 0.29) is 252 Å². The molecular weight excluding hydrogens is 1590 g/mol. The summed E-state index contributed by atoms with van der Waals surface area (Å²) >= 11 is 0. The standard InChI is InChI=1S/C74H115N5O37.CO2/c1-48(80)110-43-50-8-11-59(114-73-67(92)64(89)58(84)45-112-73)53(40-50)56(82)7-5-17-98-20-23-101-26-28-103-31-33-106-35-37-109-47-62(86)79-55(57(83)42-52(10-13-63(87)88)70(94)77-15-18-99-22-25-107-38-39-113-75)6-3-4-14-76-61(85)46-108-36-34-105-32-30-104-29-27-102-24-21-100-19-16-78-71(95)54-41-51(44-111-49(2)81)9-12-60(54)115-74-68(93)65(90)66(91)69(116-74)72(96)97;2-1-3/h8-9,11-12,40-41,52,55,58,64-69,73-74,84,89-93H,3-7,10,13-39,42-47,75H2,1-2H3,(H,76,85)(H,77,94)(H,78,95)(H,79,86)(H,87,88)(H,96,97);/t52-,55+,58+,64-,65-,66-,67+,68+,69-,73-,74+;/m0./s1. The fourth-order valence-corrected chi connectivity index (χ4v) is 10.6. The summed E-state index contributed by atoms with van der Waals surface area (Å²) in [6.45, 7) is 5.72. The lowest BCUT2D eigenvalue weighted by Crippen LogP contribution is -2.61. The van der Waals surface area contributed by atoms with E-state index < -0.39 is 140 Å². The van der Waals surface area contributed by atoms with E-state index in [9.17, 15) is 88.8 Å². The Morgan fingerprint density at radius 2 is 0.941 bits per heavy atom. The van der Waals surface area contributed by atoms with Crippen molar-refractivity contribution in [2.75, 3.05) is 191 Å². The SMILES string of the molecule is CC(=O)OCc1ccc(O[C@@H]2OC[C@@H](O)[C@H](O)[C@H]2O)c(C(=O)CCCOCCOCCOCCOCCOCC(=O)N[C@H](CCCCNC(=O)COCCOCCOCCOCCOCCNC(=O)c2cc(COC(C)=O)ccc2O[C@@H]2O[C@H](C(=O)O)[C@@H](O)[C@H](O)[C@H]2O)C(=O)C[C@H](CCC(=O)O)C(=O)NCCOCCOCCON)c1.O=C=O. The zero-order chi connectivity index (χ0) is 87.4. The van der Waals surface area contributed by atoms with Crippen LogP contribution < -0.4 is 36.6 Å². The Morgan fingerprint density at radius 1 is 0.487 bits per heavy atom. The number of carboxylic acid groups (broad SMARTS) is 2. The molecule has 2 heterocycles. The summed E-state index contributed by atoms with van der Waals surface area (Å²) < 4.78 is 98.0. The van der Waals surface area contributed by atoms with Gasteiger partial charge in [-0.25, -0.2) is 10.7 Å². The van der Waals surface area contributed by atoms with Gasteiger partial charge in [-0.2, -0.15) is 9.59 Å². The minimum Gasteiger partial charge on any atom is -0.481 e. The van der Waals surface area contributed by atoms with E-state index in [0.717, 1.165) is 0 Å². The summed E-state index contributed by atoms with van der Waals surface area (Å²) in [7, 11) is 0. The van der Waals surface area contributed by atoms with Crippen molar-refractivity contribution in [1.82, 2.24) is 21.3 Å². The maximum atomic E-state index is 13.9. The fourth-order valence-electron chi connectivity index (χ4n) is 10.6. The zero-order valence-electron chi connectivity index (χ0n) is 66.7. The summed E-state index contributed by atoms with van der Waals surface area (Å²) in [5.74, 6) is -3.28. The average molecular weight is 1710 g/mol. The molecule has 2 aliphatic rings. The van der Waals surface area contributed by atoms with Crippen LogP contribution in [-0.4, -0.2) is 359 Å². The molecule has 14 N–H and O–H groups in total. The van der Waals surface area contributed by atoms with Gasteiger partial charge >= 0.3 is 30.0 Å². The summed E-state index contributed by atoms with van der Waals surface area (Å²) in [6.07, 6.45) is -14.9. The summed E-state index contributed by atoms with van der Waals surface area (Å²) in [5, 5.41) is 90.6. The van der Waals surface area contributed by atoms with Crippen LogP contribution in [0.1, 0.15) is 97.1 Å². The second kappa shape index (κ2) is 64.5. The molecule has 0 aromatic heterocycles. The summed E-state index contributed by atoms with van der Waals surface area (Å²) in [6, 6.07) is 7.52. The van der Waals surface area contributed by atoms with E-state index in [4.69, 9.17) is 101 Å². The third-order valence-electron chi connectivity index (χ3n) is 16.7. The predicted octanol–water partition coefficient (Wildman–Crippen LogP) is -3.87. The molecule has 2 aromatic rings. The van der Waals surface area contributed by atoms with Crippen molar-refractivity contribution >= 4 is 65.2 Å². The number of carboxylic acids is 2. The number of ketones is 2. The monoisotopic (exact) mass is 1710 g/mol. The molecule has 0 bridgehead atoms. The average Bonchev–Trinajstić information content (AvgIpc) is 0.814. The molecule has 0 radical (unpaired) electrons. The Kier molecular flexibility index (Phi) is 56.8. The molecule has 2 saturated heterocycles. The van der Waals surface area contributed by atoms with Crippen LogP contribution in [0.4, 0.5) is 0 Å². The van der Waals surface area contributed by atoms with Crippen LogP contribution in [0.25, 0.3) is 0 Å². The molecule has 2 aliphatic heterocycles. The van der Waals surface area contributed by atoms with Gasteiger partial charge in [0, 0.05) is 65.3 Å². The van der Waals surface area contributed by atoms with E-state index in [1.807, 2.05) is 0 Å². The number of aliphatic hydroxyl groups is 6. The molecule has 0 unspecified atom stereocenters. The van der Waals surface area contributed by atoms with Gasteiger partial charge in [-0.05, 0) is 67.5 Å². The second-order valence-electron chi connectivity index (χ2n) is 26.0. The number of Topliss-reactive ketones (excluding diaryl/α,β-unsaturated/α-hetero) is 2. The highest BCUT2D eigenvalue weighted by molar-refractivity contribution is 5.99. The highest BCUT2D eigenvalue weighted by Crippen LogP contribution is 2.30. The van der Waals surface area contributed by atoms with E-state index in [0.29, 0.717) is 30.4 Å². The first-order valence-electron chi connectivity index (χ1n) is 38.4. The van der Waals surface area contributed by atoms with Gasteiger partial charge in [-0.3, -0.25) is 43.2 Å². The molecule has 2 aromatic carbocycles. The van der Waals surface area contributed by atoms with Crippen LogP contribution in [0, 0.1) is 5.92 Å². The number of carbonyl (C=O) groups is 10. The normalized spacial score (nSPS) is 18.7. The van der Waals surface area contributed by atoms with Gasteiger partial charge in [-0.15, -0.1) is 0 Å². The molecule has 0 spiro atoms. The van der Waals surface area contributed by atoms with Gasteiger partial charge in [0.15, 0.2) is 17.7 Å². The lowest BCUT2D eigenvalue weighted by molar-refractivity contribution is -0.271. The first kappa shape index (κ1) is 105. The molecule has 0 aliphatic carbocycles. The fraction of sp³-hybridized carbons (Fsp3) is 0.693. The van der Waals surface area contributed by atoms with E-state index in [1.54, 1.807) is 6.07 Å². The van der Waals surface area contributed by atoms with Crippen molar-refractivity contribution in [2.24, 2.45) is 11.8 Å². The number of benzene rings is 2. The third kappa shape index (κ3) is 46.9. The number of carbonyl (C=O) groups excluding carboxylic acids is 10. The number of aliphatic carboxylic acids is 2. The number of esters is 2. The Bertz CT molecular complexity index is 3300. The highest BCUT2D eigenvalue weighted by atomic mass is 16.7. The molecule has 0 saturated carbocycles. The van der Waals surface area contributed by atoms with Crippen LogP contribution in [0.15, 0.2) is 36.4 Å². The third-order valence-corrected chi connectivity index (χ3v) is 16.7. The Hall–Kier alpha value is -8.36. The van der Waals surface area contributed by atoms with Crippen molar-refractivity contribution < 1.29 is 188 Å². The van der Waals surface area contributed by atoms with Crippen LogP contribution in [0.5, 0.6) is 11.5 Å². The van der Waals surface area contributed by atoms with Crippen LogP contribution in [0.3, 0.4) is 0 Å². The van der Waals surface area contributed by atoms with Crippen molar-refractivity contribution in [3.63, 3.8) is 0 Å². The number of unbranched alkanes of at least 4 members (excludes halogenated alkanes) is 1. The first-order valence-corrected chi connectivity index (χ1v) is 38.4. The molecule has 11 atom stereocenters. The van der Waals surface area contributed by atoms with Crippen molar-refractivity contribution in [1.29, 1.82) is 0 Å². The molecular formula is C75H115N5O39. The summed E-state index contributed by atoms with van der Waals surface area (Å²) in [5.41, 5.74) is 0.905. The zero-order valence-corrected chi connectivity index (χ0v) is 66.7. The Labute approximate surface area is 685 Å². The van der Waals surface area contributed by atoms with E-state index >= 15 is 0 Å². The number of amides is 4. The highest BCUT2D eigenvalue weighted by Gasteiger charge is 2.48. The largest absolute Gasteiger partial charge is 0.481 e. The smallest absolute Gasteiger partial charge is 0.373 e. The minimum atomic E-state index is -1.96. The van der Waals surface area contributed by atoms with Gasteiger partial charge in [0.25, 0.3) is 5.91 Å². The lowest BCUT2D eigenvalue weighted by Gasteiger charge is -2.38. The molecule has 4 rings (SSSR count). The van der Waals surface area contributed by atoms with Crippen molar-refractivity contribution in [2.45, 2.75) is 140 Å². The predicted molar refractivity (Wildman–Crippen MR) is 400 cm³/mol. The lowest BCUT2D eigenvalue weighted by atomic mass is 9.91. The number of aliphatic hydroxyl groups excluding tert-OH is 6. The van der Waals surface area contributed by atoms with Crippen molar-refractivity contribution in [3.05, 3.63) is 58.7 Å². The number of rotatable bonds is 68. The maximum Gasteiger partial charge on any atom is 0.373 e. The molecule has 44 nitrogen and oxygen atoms in total. The molecule has 2 fully saturated rings. The number of hydrogen-bond acceptors (Lipinski definition) is 38. The number of nitrogens with two attached hydrogens (primary N) is 1.